The van der Waals surface area contributed by atoms with E-state index in [1.54, 1.807) is 12.1 Å². The molecule has 7 nitrogen and oxygen atoms in total. The molecule has 2 aromatic carbocycles. The minimum atomic E-state index is -0.870. The van der Waals surface area contributed by atoms with Gasteiger partial charge in [0.2, 0.25) is 5.95 Å². The number of nitrogens with zero attached hydrogens (tertiary/aromatic N) is 6. The van der Waals surface area contributed by atoms with Crippen LogP contribution in [0.25, 0.3) is 0 Å². The predicted octanol–water partition coefficient (Wildman–Crippen LogP) is 3.49. The monoisotopic (exact) mass is 496 g/mol. The Morgan fingerprint density at radius 1 is 0.861 bits per heavy atom. The predicted molar refractivity (Wildman–Crippen MR) is 132 cm³/mol. The van der Waals surface area contributed by atoms with E-state index in [2.05, 4.69) is 9.80 Å². The van der Waals surface area contributed by atoms with E-state index in [9.17, 15) is 18.0 Å². The molecule has 1 aromatic heterocycles. The fraction of sp³-hybridized carbons (Fsp3) is 0.346. The van der Waals surface area contributed by atoms with E-state index >= 15 is 0 Å². The molecular formula is C26H27F3N6O. The van der Waals surface area contributed by atoms with Crippen LogP contribution in [0.3, 0.4) is 0 Å². The van der Waals surface area contributed by atoms with Gasteiger partial charge in [-0.05, 0) is 36.4 Å². The molecule has 1 amide bonds. The maximum Gasteiger partial charge on any atom is 0.260 e. The molecule has 0 N–H and O–H groups in total. The average Bonchev–Trinajstić information content (AvgIpc) is 2.88. The molecule has 1 saturated heterocycles. The molecule has 2 aliphatic rings. The van der Waals surface area contributed by atoms with Crippen LogP contribution < -0.4 is 14.7 Å². The molecular weight excluding hydrogens is 469 g/mol. The summed E-state index contributed by atoms with van der Waals surface area (Å²) in [6.45, 7) is 3.40. The Labute approximate surface area is 207 Å². The molecule has 188 valence electrons. The molecule has 1 fully saturated rings. The Morgan fingerprint density at radius 2 is 1.50 bits per heavy atom. The summed E-state index contributed by atoms with van der Waals surface area (Å²) >= 11 is 0. The highest BCUT2D eigenvalue weighted by molar-refractivity contribution is 5.95. The van der Waals surface area contributed by atoms with E-state index in [4.69, 9.17) is 9.97 Å². The second kappa shape index (κ2) is 9.67. The standard InChI is InChI=1S/C26H27F3N6O/c1-32(2)24-19-16-35(25(36)23-20(28)4-3-5-21(23)29)11-10-22(19)30-26(31-24)34-14-12-33(13-15-34)18-8-6-17(27)7-9-18/h3-9H,10-16H2,1-2H3. The van der Waals surface area contributed by atoms with E-state index < -0.39 is 23.1 Å². The summed E-state index contributed by atoms with van der Waals surface area (Å²) < 4.78 is 41.7. The first-order chi connectivity index (χ1) is 17.3. The molecule has 0 spiro atoms. The number of fused-ring (bicyclic) bond motifs is 1. The minimum absolute atomic E-state index is 0.175. The summed E-state index contributed by atoms with van der Waals surface area (Å²) in [5.41, 5.74) is 2.06. The number of anilines is 3. The summed E-state index contributed by atoms with van der Waals surface area (Å²) in [5, 5.41) is 0. The van der Waals surface area contributed by atoms with Gasteiger partial charge >= 0.3 is 0 Å². The maximum absolute atomic E-state index is 14.2. The van der Waals surface area contributed by atoms with Crippen molar-refractivity contribution in [3.8, 4) is 0 Å². The third kappa shape index (κ3) is 4.55. The molecule has 5 rings (SSSR count). The van der Waals surface area contributed by atoms with Gasteiger partial charge in [0, 0.05) is 64.5 Å². The summed E-state index contributed by atoms with van der Waals surface area (Å²) in [7, 11) is 3.74. The number of rotatable bonds is 4. The van der Waals surface area contributed by atoms with Crippen molar-refractivity contribution in [2.24, 2.45) is 0 Å². The maximum atomic E-state index is 14.2. The van der Waals surface area contributed by atoms with Crippen molar-refractivity contribution >= 4 is 23.4 Å². The van der Waals surface area contributed by atoms with Gasteiger partial charge in [0.15, 0.2) is 0 Å². The Bertz CT molecular complexity index is 1260. The van der Waals surface area contributed by atoms with Crippen LogP contribution >= 0.6 is 0 Å². The van der Waals surface area contributed by atoms with Crippen LogP contribution in [0.5, 0.6) is 0 Å². The fourth-order valence-electron chi connectivity index (χ4n) is 4.75. The lowest BCUT2D eigenvalue weighted by Gasteiger charge is -2.37. The molecule has 0 unspecified atom stereocenters. The molecule has 3 heterocycles. The van der Waals surface area contributed by atoms with Crippen molar-refractivity contribution in [1.29, 1.82) is 0 Å². The first kappa shape index (κ1) is 23.9. The van der Waals surface area contributed by atoms with E-state index in [0.29, 0.717) is 37.8 Å². The molecule has 0 saturated carbocycles. The number of aromatic nitrogens is 2. The topological polar surface area (TPSA) is 55.8 Å². The van der Waals surface area contributed by atoms with Crippen LogP contribution in [-0.4, -0.2) is 67.6 Å². The van der Waals surface area contributed by atoms with Crippen LogP contribution in [0.4, 0.5) is 30.6 Å². The van der Waals surface area contributed by atoms with Gasteiger partial charge in [-0.2, -0.15) is 4.98 Å². The van der Waals surface area contributed by atoms with Crippen molar-refractivity contribution in [3.63, 3.8) is 0 Å². The molecule has 2 aliphatic heterocycles. The number of amides is 1. The first-order valence-corrected chi connectivity index (χ1v) is 11.9. The van der Waals surface area contributed by atoms with E-state index in [-0.39, 0.29) is 12.4 Å². The van der Waals surface area contributed by atoms with Gasteiger partial charge in [0.25, 0.3) is 5.91 Å². The lowest BCUT2D eigenvalue weighted by atomic mass is 10.0. The Balaban J connectivity index is 1.35. The van der Waals surface area contributed by atoms with Gasteiger partial charge in [-0.1, -0.05) is 6.07 Å². The van der Waals surface area contributed by atoms with Gasteiger partial charge in [0.05, 0.1) is 12.2 Å². The van der Waals surface area contributed by atoms with Gasteiger partial charge in [0.1, 0.15) is 28.8 Å². The number of piperazine rings is 1. The number of hydrogen-bond acceptors (Lipinski definition) is 6. The van der Waals surface area contributed by atoms with Gasteiger partial charge in [-0.3, -0.25) is 4.79 Å². The highest BCUT2D eigenvalue weighted by atomic mass is 19.1. The van der Waals surface area contributed by atoms with E-state index in [1.807, 2.05) is 19.0 Å². The lowest BCUT2D eigenvalue weighted by Crippen LogP contribution is -2.47. The summed E-state index contributed by atoms with van der Waals surface area (Å²) in [6, 6.07) is 9.91. The normalized spacial score (nSPS) is 15.6. The van der Waals surface area contributed by atoms with Crippen molar-refractivity contribution in [3.05, 3.63) is 76.7 Å². The number of halogens is 3. The van der Waals surface area contributed by atoms with Crippen LogP contribution in [0.15, 0.2) is 42.5 Å². The van der Waals surface area contributed by atoms with Crippen molar-refractivity contribution in [1.82, 2.24) is 14.9 Å². The summed E-state index contributed by atoms with van der Waals surface area (Å²) in [5.74, 6) is -1.37. The highest BCUT2D eigenvalue weighted by Crippen LogP contribution is 2.30. The molecule has 0 radical (unpaired) electrons. The number of carbonyl (C=O) groups excluding carboxylic acids is 1. The highest BCUT2D eigenvalue weighted by Gasteiger charge is 2.31. The van der Waals surface area contributed by atoms with Crippen molar-refractivity contribution in [2.75, 3.05) is 61.5 Å². The first-order valence-electron chi connectivity index (χ1n) is 11.9. The summed E-state index contributed by atoms with van der Waals surface area (Å²) in [6.07, 6.45) is 0.461. The molecule has 0 bridgehead atoms. The lowest BCUT2D eigenvalue weighted by molar-refractivity contribution is 0.0723. The number of benzene rings is 2. The van der Waals surface area contributed by atoms with Crippen LogP contribution in [0.2, 0.25) is 0 Å². The van der Waals surface area contributed by atoms with Crippen LogP contribution in [0.1, 0.15) is 21.6 Å². The molecule has 36 heavy (non-hydrogen) atoms. The molecule has 10 heteroatoms. The van der Waals surface area contributed by atoms with Gasteiger partial charge in [-0.15, -0.1) is 0 Å². The van der Waals surface area contributed by atoms with Crippen molar-refractivity contribution < 1.29 is 18.0 Å². The van der Waals surface area contributed by atoms with E-state index in [0.717, 1.165) is 42.2 Å². The molecule has 3 aromatic rings. The van der Waals surface area contributed by atoms with Crippen molar-refractivity contribution in [2.45, 2.75) is 13.0 Å². The quantitative estimate of drug-likeness (QED) is 0.552. The second-order valence-electron chi connectivity index (χ2n) is 9.19. The number of carbonyl (C=O) groups is 1. The fourth-order valence-corrected chi connectivity index (χ4v) is 4.75. The molecule has 0 atom stereocenters. The number of hydrogen-bond donors (Lipinski definition) is 0. The SMILES string of the molecule is CN(C)c1nc(N2CCN(c3ccc(F)cc3)CC2)nc2c1CN(C(=O)c1c(F)cccc1F)CC2. The zero-order chi connectivity index (χ0) is 25.4. The van der Waals surface area contributed by atoms with Crippen LogP contribution in [0, 0.1) is 17.5 Å². The summed E-state index contributed by atoms with van der Waals surface area (Å²) in [4.78, 5) is 30.2. The Hall–Kier alpha value is -3.82. The minimum Gasteiger partial charge on any atom is -0.368 e. The third-order valence-corrected chi connectivity index (χ3v) is 6.67. The Kier molecular flexibility index (Phi) is 6.42. The zero-order valence-corrected chi connectivity index (χ0v) is 20.2. The van der Waals surface area contributed by atoms with Gasteiger partial charge in [-0.25, -0.2) is 18.2 Å². The Morgan fingerprint density at radius 3 is 2.14 bits per heavy atom. The largest absolute Gasteiger partial charge is 0.368 e. The smallest absolute Gasteiger partial charge is 0.260 e. The second-order valence-corrected chi connectivity index (χ2v) is 9.19. The zero-order valence-electron chi connectivity index (χ0n) is 20.2. The van der Waals surface area contributed by atoms with E-state index in [1.165, 1.54) is 23.1 Å². The van der Waals surface area contributed by atoms with Gasteiger partial charge < -0.3 is 19.6 Å². The average molecular weight is 497 g/mol. The third-order valence-electron chi connectivity index (χ3n) is 6.67. The van der Waals surface area contributed by atoms with Crippen LogP contribution in [-0.2, 0) is 13.0 Å². The molecule has 0 aliphatic carbocycles.